The molecule has 0 saturated heterocycles. The van der Waals surface area contributed by atoms with E-state index in [-0.39, 0.29) is 11.3 Å². The van der Waals surface area contributed by atoms with Crippen LogP contribution in [-0.2, 0) is 4.74 Å². The zero-order valence-electron chi connectivity index (χ0n) is 10.1. The number of benzene rings is 1. The molecule has 1 heterocycles. The quantitative estimate of drug-likeness (QED) is 0.869. The monoisotopic (exact) mass is 277 g/mol. The van der Waals surface area contributed by atoms with Crippen molar-refractivity contribution < 1.29 is 19.4 Å². The minimum absolute atomic E-state index is 0.186. The number of carbonyl (C=O) groups is 2. The van der Waals surface area contributed by atoms with E-state index in [0.29, 0.717) is 17.2 Å². The summed E-state index contributed by atoms with van der Waals surface area (Å²) in [4.78, 5) is 26.5. The van der Waals surface area contributed by atoms with Crippen LogP contribution in [0.25, 0.3) is 10.6 Å². The molecule has 0 unspecified atom stereocenters. The van der Waals surface area contributed by atoms with Crippen molar-refractivity contribution in [2.45, 2.75) is 6.92 Å². The summed E-state index contributed by atoms with van der Waals surface area (Å²) in [5.74, 6) is -1.47. The summed E-state index contributed by atoms with van der Waals surface area (Å²) in [6, 6.07) is 6.42. The first-order chi connectivity index (χ1) is 9.11. The summed E-state index contributed by atoms with van der Waals surface area (Å²) in [6.45, 7) is 2.02. The van der Waals surface area contributed by atoms with Crippen LogP contribution in [0.2, 0.25) is 0 Å². The third kappa shape index (κ3) is 2.97. The van der Waals surface area contributed by atoms with E-state index in [0.717, 1.165) is 0 Å². The molecule has 0 amide bonds. The Hall–Kier alpha value is -2.21. The van der Waals surface area contributed by atoms with Gasteiger partial charge in [-0.3, -0.25) is 0 Å². The summed E-state index contributed by atoms with van der Waals surface area (Å²) < 4.78 is 4.85. The second-order valence-corrected chi connectivity index (χ2v) is 4.50. The van der Waals surface area contributed by atoms with E-state index < -0.39 is 11.9 Å². The first kappa shape index (κ1) is 13.2. The fourth-order valence-electron chi connectivity index (χ4n) is 1.49. The number of hydrogen-bond acceptors (Lipinski definition) is 5. The highest BCUT2D eigenvalue weighted by Crippen LogP contribution is 2.24. The van der Waals surface area contributed by atoms with Gasteiger partial charge in [0.1, 0.15) is 5.01 Å². The molecule has 1 aromatic heterocycles. The normalized spacial score (nSPS) is 10.2. The topological polar surface area (TPSA) is 76.5 Å². The Morgan fingerprint density at radius 1 is 1.42 bits per heavy atom. The Kier molecular flexibility index (Phi) is 3.91. The predicted molar refractivity (Wildman–Crippen MR) is 70.5 cm³/mol. The Morgan fingerprint density at radius 2 is 2.21 bits per heavy atom. The van der Waals surface area contributed by atoms with E-state index in [2.05, 4.69) is 4.98 Å². The molecule has 5 nitrogen and oxygen atoms in total. The van der Waals surface area contributed by atoms with Gasteiger partial charge in [-0.1, -0.05) is 12.1 Å². The number of carbonyl (C=O) groups excluding carboxylic acids is 1. The molecule has 0 saturated carbocycles. The number of rotatable bonds is 4. The highest BCUT2D eigenvalue weighted by molar-refractivity contribution is 7.13. The lowest BCUT2D eigenvalue weighted by Crippen LogP contribution is -2.04. The van der Waals surface area contributed by atoms with Crippen LogP contribution in [0.5, 0.6) is 0 Å². The molecule has 0 fully saturated rings. The van der Waals surface area contributed by atoms with Crippen LogP contribution < -0.4 is 0 Å². The van der Waals surface area contributed by atoms with Gasteiger partial charge in [0.05, 0.1) is 12.2 Å². The number of ether oxygens (including phenoxy) is 1. The van der Waals surface area contributed by atoms with Gasteiger partial charge in [0.25, 0.3) is 0 Å². The number of nitrogens with zero attached hydrogens (tertiary/aromatic N) is 1. The number of aromatic nitrogens is 1. The zero-order valence-corrected chi connectivity index (χ0v) is 10.9. The highest BCUT2D eigenvalue weighted by atomic mass is 32.1. The van der Waals surface area contributed by atoms with Crippen LogP contribution in [0.1, 0.15) is 27.8 Å². The second-order valence-electron chi connectivity index (χ2n) is 3.64. The molecular weight excluding hydrogens is 266 g/mol. The molecule has 0 aliphatic carbocycles. The summed E-state index contributed by atoms with van der Waals surface area (Å²) >= 11 is 1.27. The fourth-order valence-corrected chi connectivity index (χ4v) is 2.28. The smallest absolute Gasteiger partial charge is 0.357 e. The van der Waals surface area contributed by atoms with Crippen molar-refractivity contribution >= 4 is 23.3 Å². The van der Waals surface area contributed by atoms with Gasteiger partial charge in [0.2, 0.25) is 0 Å². The minimum atomic E-state index is -0.996. The van der Waals surface area contributed by atoms with E-state index in [1.165, 1.54) is 23.5 Å². The Labute approximate surface area is 113 Å². The molecule has 0 aliphatic heterocycles. The maximum atomic E-state index is 11.5. The highest BCUT2D eigenvalue weighted by Gasteiger charge is 2.13. The second kappa shape index (κ2) is 5.62. The van der Waals surface area contributed by atoms with Gasteiger partial charge in [-0.15, -0.1) is 11.3 Å². The molecule has 1 N–H and O–H groups in total. The Balaban J connectivity index is 2.30. The lowest BCUT2D eigenvalue weighted by molar-refractivity contribution is 0.0520. The third-order valence-corrected chi connectivity index (χ3v) is 3.24. The number of hydrogen-bond donors (Lipinski definition) is 1. The molecule has 0 bridgehead atoms. The molecular formula is C13H11NO4S. The van der Waals surface area contributed by atoms with Gasteiger partial charge in [0, 0.05) is 10.9 Å². The summed E-state index contributed by atoms with van der Waals surface area (Å²) in [5.41, 5.74) is 1.09. The molecule has 0 spiro atoms. The SMILES string of the molecule is CCOC(=O)c1csc(-c2cccc(C(=O)O)c2)n1. The standard InChI is InChI=1S/C13H11NO4S/c1-2-18-13(17)10-7-19-11(14-10)8-4-3-5-9(6-8)12(15)16/h3-7H,2H2,1H3,(H,15,16). The van der Waals surface area contributed by atoms with Gasteiger partial charge in [-0.25, -0.2) is 14.6 Å². The number of thiazole rings is 1. The van der Waals surface area contributed by atoms with Gasteiger partial charge >= 0.3 is 11.9 Å². The van der Waals surface area contributed by atoms with E-state index in [9.17, 15) is 9.59 Å². The molecule has 98 valence electrons. The first-order valence-electron chi connectivity index (χ1n) is 5.58. The number of aromatic carboxylic acids is 1. The average molecular weight is 277 g/mol. The van der Waals surface area contributed by atoms with E-state index in [4.69, 9.17) is 9.84 Å². The van der Waals surface area contributed by atoms with Crippen molar-refractivity contribution in [1.29, 1.82) is 0 Å². The Bertz CT molecular complexity index is 621. The van der Waals surface area contributed by atoms with Crippen LogP contribution in [0, 0.1) is 0 Å². The fraction of sp³-hybridized carbons (Fsp3) is 0.154. The largest absolute Gasteiger partial charge is 0.478 e. The van der Waals surface area contributed by atoms with Crippen LogP contribution in [0.15, 0.2) is 29.6 Å². The lowest BCUT2D eigenvalue weighted by Gasteiger charge is -1.99. The molecule has 19 heavy (non-hydrogen) atoms. The summed E-state index contributed by atoms with van der Waals surface area (Å²) in [6.07, 6.45) is 0. The van der Waals surface area contributed by atoms with Crippen LogP contribution >= 0.6 is 11.3 Å². The molecule has 0 atom stereocenters. The van der Waals surface area contributed by atoms with Gasteiger partial charge in [0.15, 0.2) is 5.69 Å². The molecule has 0 aliphatic rings. The summed E-state index contributed by atoms with van der Waals surface area (Å²) in [5, 5.41) is 11.1. The van der Waals surface area contributed by atoms with Crippen molar-refractivity contribution in [3.63, 3.8) is 0 Å². The molecule has 1 aromatic carbocycles. The maximum absolute atomic E-state index is 11.5. The predicted octanol–water partition coefficient (Wildman–Crippen LogP) is 2.69. The number of esters is 1. The number of carboxylic acids is 1. The van der Waals surface area contributed by atoms with Crippen LogP contribution in [-0.4, -0.2) is 28.6 Å². The molecule has 2 rings (SSSR count). The van der Waals surface area contributed by atoms with Crippen LogP contribution in [0.3, 0.4) is 0 Å². The maximum Gasteiger partial charge on any atom is 0.357 e. The van der Waals surface area contributed by atoms with Crippen molar-refractivity contribution in [3.8, 4) is 10.6 Å². The van der Waals surface area contributed by atoms with E-state index in [1.807, 2.05) is 0 Å². The van der Waals surface area contributed by atoms with Crippen molar-refractivity contribution in [2.24, 2.45) is 0 Å². The Morgan fingerprint density at radius 3 is 2.89 bits per heavy atom. The van der Waals surface area contributed by atoms with Gasteiger partial charge in [-0.05, 0) is 19.1 Å². The zero-order chi connectivity index (χ0) is 13.8. The van der Waals surface area contributed by atoms with Crippen molar-refractivity contribution in [1.82, 2.24) is 4.98 Å². The van der Waals surface area contributed by atoms with E-state index in [1.54, 1.807) is 24.4 Å². The van der Waals surface area contributed by atoms with Crippen molar-refractivity contribution in [3.05, 3.63) is 40.9 Å². The lowest BCUT2D eigenvalue weighted by atomic mass is 10.1. The first-order valence-corrected chi connectivity index (χ1v) is 6.46. The van der Waals surface area contributed by atoms with Gasteiger partial charge in [-0.2, -0.15) is 0 Å². The average Bonchev–Trinajstić information content (AvgIpc) is 2.89. The minimum Gasteiger partial charge on any atom is -0.478 e. The molecule has 2 aromatic rings. The van der Waals surface area contributed by atoms with Crippen molar-refractivity contribution in [2.75, 3.05) is 6.61 Å². The number of carboxylic acid groups (broad SMARTS) is 1. The molecule has 6 heteroatoms. The van der Waals surface area contributed by atoms with Crippen LogP contribution in [0.4, 0.5) is 0 Å². The van der Waals surface area contributed by atoms with E-state index >= 15 is 0 Å². The third-order valence-electron chi connectivity index (χ3n) is 2.35. The molecule has 0 radical (unpaired) electrons. The summed E-state index contributed by atoms with van der Waals surface area (Å²) in [7, 11) is 0. The van der Waals surface area contributed by atoms with Gasteiger partial charge < -0.3 is 9.84 Å².